The third-order valence-electron chi connectivity index (χ3n) is 3.70. The maximum Gasteiger partial charge on any atom is 0.237 e. The van der Waals surface area contributed by atoms with E-state index in [1.54, 1.807) is 0 Å². The summed E-state index contributed by atoms with van der Waals surface area (Å²) in [4.78, 5) is 26.1. The molecular formula is C17H23F2N3O2. The predicted molar refractivity (Wildman–Crippen MR) is 86.1 cm³/mol. The smallest absolute Gasteiger partial charge is 0.237 e. The summed E-state index contributed by atoms with van der Waals surface area (Å²) < 4.78 is 26.4. The maximum atomic E-state index is 13.4. The van der Waals surface area contributed by atoms with Crippen LogP contribution in [0.15, 0.2) is 18.2 Å². The minimum Gasteiger partial charge on any atom is -0.353 e. The zero-order valence-electron chi connectivity index (χ0n) is 14.2. The minimum absolute atomic E-state index is 0.0206. The van der Waals surface area contributed by atoms with E-state index in [0.717, 1.165) is 12.1 Å². The minimum atomic E-state index is -0.920. The van der Waals surface area contributed by atoms with E-state index in [1.165, 1.54) is 6.07 Å². The maximum absolute atomic E-state index is 13.4. The molecule has 0 saturated carbocycles. The van der Waals surface area contributed by atoms with Gasteiger partial charge < -0.3 is 10.6 Å². The van der Waals surface area contributed by atoms with Gasteiger partial charge in [0.25, 0.3) is 0 Å². The molecule has 7 heteroatoms. The third-order valence-corrected chi connectivity index (χ3v) is 3.70. The summed E-state index contributed by atoms with van der Waals surface area (Å²) in [6, 6.07) is 3.04. The monoisotopic (exact) mass is 339 g/mol. The molecule has 0 unspecified atom stereocenters. The van der Waals surface area contributed by atoms with Crippen LogP contribution in [0, 0.1) is 11.6 Å². The molecule has 2 rings (SSSR count). The van der Waals surface area contributed by atoms with Gasteiger partial charge >= 0.3 is 0 Å². The number of rotatable bonds is 4. The number of carbonyl (C=O) groups excluding carboxylic acids is 2. The van der Waals surface area contributed by atoms with Crippen molar-refractivity contribution in [1.29, 1.82) is 0 Å². The quantitative estimate of drug-likeness (QED) is 0.875. The summed E-state index contributed by atoms with van der Waals surface area (Å²) >= 11 is 0. The van der Waals surface area contributed by atoms with Crippen LogP contribution in [0.3, 0.4) is 0 Å². The lowest BCUT2D eigenvalue weighted by atomic mass is 10.0. The molecule has 0 radical (unpaired) electrons. The van der Waals surface area contributed by atoms with Gasteiger partial charge in [0.15, 0.2) is 11.6 Å². The normalized spacial score (nSPS) is 19.0. The molecule has 1 aromatic rings. The Kier molecular flexibility index (Phi) is 5.54. The highest BCUT2D eigenvalue weighted by Crippen LogP contribution is 2.16. The first-order chi connectivity index (χ1) is 11.2. The number of piperazine rings is 1. The Balaban J connectivity index is 2.09. The molecule has 1 atom stereocenters. The molecule has 1 aliphatic rings. The molecule has 5 nitrogen and oxygen atoms in total. The van der Waals surface area contributed by atoms with E-state index >= 15 is 0 Å². The molecule has 1 fully saturated rings. The van der Waals surface area contributed by atoms with Gasteiger partial charge in [0.2, 0.25) is 11.8 Å². The van der Waals surface area contributed by atoms with Gasteiger partial charge in [0.1, 0.15) is 0 Å². The third kappa shape index (κ3) is 4.99. The van der Waals surface area contributed by atoms with Crippen molar-refractivity contribution >= 4 is 11.8 Å². The average Bonchev–Trinajstić information content (AvgIpc) is 2.45. The average molecular weight is 339 g/mol. The molecule has 1 heterocycles. The van der Waals surface area contributed by atoms with E-state index < -0.39 is 17.7 Å². The van der Waals surface area contributed by atoms with E-state index in [1.807, 2.05) is 25.7 Å². The number of hydrogen-bond donors (Lipinski definition) is 2. The lowest BCUT2D eigenvalue weighted by molar-refractivity contribution is -0.134. The molecule has 1 saturated heterocycles. The van der Waals surface area contributed by atoms with Crippen molar-refractivity contribution in [3.63, 3.8) is 0 Å². The zero-order valence-corrected chi connectivity index (χ0v) is 14.2. The fraction of sp³-hybridized carbons (Fsp3) is 0.529. The number of carbonyl (C=O) groups is 2. The topological polar surface area (TPSA) is 61.4 Å². The predicted octanol–water partition coefficient (Wildman–Crippen LogP) is 1.57. The second-order valence-corrected chi connectivity index (χ2v) is 7.03. The SMILES string of the molecule is CC(C)(C)NC(=O)C[C@H]1C(=O)NCCN1Cc1ccc(F)c(F)c1. The summed E-state index contributed by atoms with van der Waals surface area (Å²) in [5.74, 6) is -2.28. The fourth-order valence-electron chi connectivity index (χ4n) is 2.69. The van der Waals surface area contributed by atoms with E-state index in [9.17, 15) is 18.4 Å². The van der Waals surface area contributed by atoms with Crippen LogP contribution in [-0.2, 0) is 16.1 Å². The van der Waals surface area contributed by atoms with Crippen LogP contribution in [0.5, 0.6) is 0 Å². The lowest BCUT2D eigenvalue weighted by Gasteiger charge is -2.35. The molecule has 2 amide bonds. The van der Waals surface area contributed by atoms with Gasteiger partial charge in [-0.15, -0.1) is 0 Å². The second-order valence-electron chi connectivity index (χ2n) is 7.03. The Morgan fingerprint density at radius 3 is 2.67 bits per heavy atom. The molecule has 0 aromatic heterocycles. The van der Waals surface area contributed by atoms with E-state index in [4.69, 9.17) is 0 Å². The zero-order chi connectivity index (χ0) is 17.9. The summed E-state index contributed by atoms with van der Waals surface area (Å²) in [6.07, 6.45) is 0.0206. The summed E-state index contributed by atoms with van der Waals surface area (Å²) in [5, 5.41) is 5.57. The van der Waals surface area contributed by atoms with Crippen molar-refractivity contribution in [1.82, 2.24) is 15.5 Å². The molecule has 0 bridgehead atoms. The van der Waals surface area contributed by atoms with Gasteiger partial charge in [-0.25, -0.2) is 8.78 Å². The molecule has 0 spiro atoms. The van der Waals surface area contributed by atoms with E-state index in [2.05, 4.69) is 10.6 Å². The van der Waals surface area contributed by atoms with Crippen molar-refractivity contribution in [2.24, 2.45) is 0 Å². The van der Waals surface area contributed by atoms with Crippen molar-refractivity contribution in [2.75, 3.05) is 13.1 Å². The van der Waals surface area contributed by atoms with Crippen LogP contribution in [0.2, 0.25) is 0 Å². The highest BCUT2D eigenvalue weighted by Gasteiger charge is 2.32. The van der Waals surface area contributed by atoms with Crippen molar-refractivity contribution in [2.45, 2.75) is 45.3 Å². The van der Waals surface area contributed by atoms with Gasteiger partial charge in [0.05, 0.1) is 12.5 Å². The molecule has 24 heavy (non-hydrogen) atoms. The first-order valence-electron chi connectivity index (χ1n) is 7.92. The number of amides is 2. The highest BCUT2D eigenvalue weighted by molar-refractivity contribution is 5.89. The Bertz CT molecular complexity index is 629. The molecule has 132 valence electrons. The van der Waals surface area contributed by atoms with Crippen LogP contribution in [0.25, 0.3) is 0 Å². The lowest BCUT2D eigenvalue weighted by Crippen LogP contribution is -2.56. The van der Waals surface area contributed by atoms with Crippen molar-refractivity contribution in [3.05, 3.63) is 35.4 Å². The highest BCUT2D eigenvalue weighted by atomic mass is 19.2. The van der Waals surface area contributed by atoms with Gasteiger partial charge in [0, 0.05) is 25.2 Å². The Morgan fingerprint density at radius 2 is 2.04 bits per heavy atom. The van der Waals surface area contributed by atoms with E-state index in [-0.39, 0.29) is 30.3 Å². The van der Waals surface area contributed by atoms with Crippen LogP contribution in [0.1, 0.15) is 32.8 Å². The molecule has 1 aliphatic heterocycles. The van der Waals surface area contributed by atoms with Gasteiger partial charge in [-0.2, -0.15) is 0 Å². The van der Waals surface area contributed by atoms with Crippen LogP contribution >= 0.6 is 0 Å². The summed E-state index contributed by atoms with van der Waals surface area (Å²) in [6.45, 7) is 6.87. The summed E-state index contributed by atoms with van der Waals surface area (Å²) in [7, 11) is 0. The number of benzene rings is 1. The molecule has 0 aliphatic carbocycles. The Labute approximate surface area is 140 Å². The largest absolute Gasteiger partial charge is 0.353 e. The fourth-order valence-corrected chi connectivity index (χ4v) is 2.69. The molecule has 1 aromatic carbocycles. The standard InChI is InChI=1S/C17H23F2N3O2/c1-17(2,3)21-15(23)9-14-16(24)20-6-7-22(14)10-11-4-5-12(18)13(19)8-11/h4-5,8,14H,6-7,9-10H2,1-3H3,(H,20,24)(H,21,23)/t14-/m0/s1. The Morgan fingerprint density at radius 1 is 1.33 bits per heavy atom. The number of nitrogens with one attached hydrogen (secondary N) is 2. The van der Waals surface area contributed by atoms with Gasteiger partial charge in [-0.1, -0.05) is 6.07 Å². The van der Waals surface area contributed by atoms with Crippen molar-refractivity contribution in [3.8, 4) is 0 Å². The van der Waals surface area contributed by atoms with Gasteiger partial charge in [-0.3, -0.25) is 14.5 Å². The summed E-state index contributed by atoms with van der Waals surface area (Å²) in [5.41, 5.74) is 0.178. The van der Waals surface area contributed by atoms with Gasteiger partial charge in [-0.05, 0) is 38.5 Å². The van der Waals surface area contributed by atoms with Crippen LogP contribution < -0.4 is 10.6 Å². The first-order valence-corrected chi connectivity index (χ1v) is 7.92. The van der Waals surface area contributed by atoms with Crippen molar-refractivity contribution < 1.29 is 18.4 Å². The number of nitrogens with zero attached hydrogens (tertiary/aromatic N) is 1. The number of hydrogen-bond acceptors (Lipinski definition) is 3. The number of halogens is 2. The van der Waals surface area contributed by atoms with E-state index in [0.29, 0.717) is 18.7 Å². The Hall–Kier alpha value is -2.02. The second kappa shape index (κ2) is 7.25. The first kappa shape index (κ1) is 18.3. The molecule has 2 N–H and O–H groups in total. The molecular weight excluding hydrogens is 316 g/mol. The van der Waals surface area contributed by atoms with Crippen LogP contribution in [-0.4, -0.2) is 41.4 Å². The van der Waals surface area contributed by atoms with Crippen LogP contribution in [0.4, 0.5) is 8.78 Å².